The summed E-state index contributed by atoms with van der Waals surface area (Å²) in [5.41, 5.74) is 0. The van der Waals surface area contributed by atoms with Crippen molar-refractivity contribution in [3.05, 3.63) is 11.5 Å². The standard InChI is InChI=1S/C9H16N2O3S/c1-7(2)10-5-9(12)11-8-3-4-15(13,14)6-8/h3-4,7-8,10H,5-6H2,1-2H3,(H,11,12). The van der Waals surface area contributed by atoms with Gasteiger partial charge >= 0.3 is 0 Å². The molecule has 0 spiro atoms. The van der Waals surface area contributed by atoms with Crippen molar-refractivity contribution < 1.29 is 13.2 Å². The Morgan fingerprint density at radius 1 is 1.53 bits per heavy atom. The molecule has 0 aliphatic carbocycles. The van der Waals surface area contributed by atoms with Gasteiger partial charge in [-0.05, 0) is 6.08 Å². The monoisotopic (exact) mass is 232 g/mol. The summed E-state index contributed by atoms with van der Waals surface area (Å²) in [6, 6.07) is -0.143. The van der Waals surface area contributed by atoms with Crippen LogP contribution in [0.2, 0.25) is 0 Å². The predicted molar refractivity (Wildman–Crippen MR) is 58.0 cm³/mol. The number of nitrogens with one attached hydrogen (secondary N) is 2. The molecule has 1 unspecified atom stereocenters. The van der Waals surface area contributed by atoms with Gasteiger partial charge in [0.15, 0.2) is 9.84 Å². The number of carbonyl (C=O) groups excluding carboxylic acids is 1. The quantitative estimate of drug-likeness (QED) is 0.679. The molecule has 0 aromatic carbocycles. The highest BCUT2D eigenvalue weighted by molar-refractivity contribution is 7.94. The SMILES string of the molecule is CC(C)NCC(=O)NC1C=CS(=O)(=O)C1. The Labute approximate surface area is 89.8 Å². The van der Waals surface area contributed by atoms with Crippen LogP contribution in [0.5, 0.6) is 0 Å². The van der Waals surface area contributed by atoms with Gasteiger partial charge in [0.25, 0.3) is 0 Å². The van der Waals surface area contributed by atoms with Crippen LogP contribution in [-0.2, 0) is 14.6 Å². The maximum Gasteiger partial charge on any atom is 0.234 e. The Bertz CT molecular complexity index is 360. The molecule has 0 saturated carbocycles. The fourth-order valence-electron chi connectivity index (χ4n) is 1.22. The molecular formula is C9H16N2O3S. The first kappa shape index (κ1) is 12.2. The van der Waals surface area contributed by atoms with E-state index in [-0.39, 0.29) is 30.3 Å². The van der Waals surface area contributed by atoms with E-state index < -0.39 is 9.84 Å². The molecule has 6 heteroatoms. The molecule has 1 amide bonds. The third-order valence-corrected chi connectivity index (χ3v) is 3.34. The van der Waals surface area contributed by atoms with Gasteiger partial charge in [-0.2, -0.15) is 0 Å². The summed E-state index contributed by atoms with van der Waals surface area (Å²) in [5, 5.41) is 6.72. The Hall–Kier alpha value is -0.880. The summed E-state index contributed by atoms with van der Waals surface area (Å²) < 4.78 is 22.1. The number of amides is 1. The van der Waals surface area contributed by atoms with Crippen molar-refractivity contribution in [3.8, 4) is 0 Å². The van der Waals surface area contributed by atoms with E-state index in [9.17, 15) is 13.2 Å². The van der Waals surface area contributed by atoms with Crippen LogP contribution < -0.4 is 10.6 Å². The Morgan fingerprint density at radius 3 is 2.67 bits per heavy atom. The fraction of sp³-hybridized carbons (Fsp3) is 0.667. The molecule has 15 heavy (non-hydrogen) atoms. The van der Waals surface area contributed by atoms with Crippen LogP contribution in [0.4, 0.5) is 0 Å². The van der Waals surface area contributed by atoms with Crippen LogP contribution >= 0.6 is 0 Å². The van der Waals surface area contributed by atoms with Gasteiger partial charge in [0.1, 0.15) is 0 Å². The number of hydrogen-bond acceptors (Lipinski definition) is 4. The Balaban J connectivity index is 2.32. The molecule has 0 aromatic rings. The number of rotatable bonds is 4. The fourth-order valence-corrected chi connectivity index (χ4v) is 2.46. The molecule has 5 nitrogen and oxygen atoms in total. The minimum absolute atomic E-state index is 0.0274. The zero-order chi connectivity index (χ0) is 11.5. The lowest BCUT2D eigenvalue weighted by Crippen LogP contribution is -2.42. The van der Waals surface area contributed by atoms with Gasteiger partial charge in [-0.1, -0.05) is 13.8 Å². The highest BCUT2D eigenvalue weighted by Gasteiger charge is 2.22. The smallest absolute Gasteiger partial charge is 0.234 e. The minimum atomic E-state index is -3.09. The summed E-state index contributed by atoms with van der Waals surface area (Å²) in [5.74, 6) is -0.212. The summed E-state index contributed by atoms with van der Waals surface area (Å²) in [6.45, 7) is 4.09. The Kier molecular flexibility index (Phi) is 3.87. The number of sulfone groups is 1. The highest BCUT2D eigenvalue weighted by atomic mass is 32.2. The van der Waals surface area contributed by atoms with E-state index in [0.717, 1.165) is 5.41 Å². The lowest BCUT2D eigenvalue weighted by atomic mass is 10.3. The van der Waals surface area contributed by atoms with E-state index in [1.54, 1.807) is 0 Å². The maximum absolute atomic E-state index is 11.3. The van der Waals surface area contributed by atoms with Gasteiger partial charge < -0.3 is 10.6 Å². The highest BCUT2D eigenvalue weighted by Crippen LogP contribution is 2.07. The van der Waals surface area contributed by atoms with Gasteiger partial charge in [-0.15, -0.1) is 0 Å². The summed E-state index contributed by atoms with van der Waals surface area (Å²) in [6.07, 6.45) is 1.50. The van der Waals surface area contributed by atoms with Gasteiger partial charge in [0.05, 0.1) is 18.3 Å². The largest absolute Gasteiger partial charge is 0.348 e. The first-order chi connectivity index (χ1) is 6.89. The molecule has 1 rings (SSSR count). The number of carbonyl (C=O) groups is 1. The zero-order valence-corrected chi connectivity index (χ0v) is 9.67. The lowest BCUT2D eigenvalue weighted by molar-refractivity contribution is -0.120. The Morgan fingerprint density at radius 2 is 2.20 bits per heavy atom. The van der Waals surface area contributed by atoms with Gasteiger partial charge in [0.2, 0.25) is 5.91 Å². The van der Waals surface area contributed by atoms with Crippen molar-refractivity contribution in [3.63, 3.8) is 0 Å². The average molecular weight is 232 g/mol. The van der Waals surface area contributed by atoms with Crippen LogP contribution in [0.3, 0.4) is 0 Å². The van der Waals surface area contributed by atoms with Crippen LogP contribution in [0, 0.1) is 0 Å². The normalized spacial score (nSPS) is 23.3. The van der Waals surface area contributed by atoms with Crippen LogP contribution in [0.1, 0.15) is 13.8 Å². The van der Waals surface area contributed by atoms with E-state index >= 15 is 0 Å². The maximum atomic E-state index is 11.3. The topological polar surface area (TPSA) is 75.3 Å². The summed E-state index contributed by atoms with van der Waals surface area (Å²) >= 11 is 0. The van der Waals surface area contributed by atoms with E-state index in [2.05, 4.69) is 10.6 Å². The molecule has 1 heterocycles. The van der Waals surface area contributed by atoms with Crippen molar-refractivity contribution in [2.75, 3.05) is 12.3 Å². The molecule has 2 N–H and O–H groups in total. The van der Waals surface area contributed by atoms with E-state index in [1.165, 1.54) is 6.08 Å². The molecule has 0 fully saturated rings. The van der Waals surface area contributed by atoms with Gasteiger partial charge in [-0.25, -0.2) is 8.42 Å². The molecule has 1 aliphatic rings. The lowest BCUT2D eigenvalue weighted by Gasteiger charge is -2.11. The van der Waals surface area contributed by atoms with Crippen molar-refractivity contribution in [1.82, 2.24) is 10.6 Å². The molecule has 0 bridgehead atoms. The van der Waals surface area contributed by atoms with Gasteiger partial charge in [-0.3, -0.25) is 4.79 Å². The van der Waals surface area contributed by atoms with Crippen molar-refractivity contribution in [2.45, 2.75) is 25.9 Å². The van der Waals surface area contributed by atoms with Crippen LogP contribution in [-0.4, -0.2) is 38.7 Å². The van der Waals surface area contributed by atoms with Crippen LogP contribution in [0.25, 0.3) is 0 Å². The second kappa shape index (κ2) is 4.76. The van der Waals surface area contributed by atoms with Crippen LogP contribution in [0.15, 0.2) is 11.5 Å². The zero-order valence-electron chi connectivity index (χ0n) is 8.86. The predicted octanol–water partition coefficient (Wildman–Crippen LogP) is -0.589. The van der Waals surface area contributed by atoms with E-state index in [0.29, 0.717) is 0 Å². The summed E-state index contributed by atoms with van der Waals surface area (Å²) in [4.78, 5) is 11.3. The molecular weight excluding hydrogens is 216 g/mol. The second-order valence-corrected chi connectivity index (χ2v) is 5.80. The average Bonchev–Trinajstić information content (AvgIpc) is 2.42. The van der Waals surface area contributed by atoms with Crippen molar-refractivity contribution in [2.24, 2.45) is 0 Å². The molecule has 1 atom stereocenters. The van der Waals surface area contributed by atoms with E-state index in [1.807, 2.05) is 13.8 Å². The molecule has 0 aromatic heterocycles. The third-order valence-electron chi connectivity index (χ3n) is 1.95. The van der Waals surface area contributed by atoms with Gasteiger partial charge in [0, 0.05) is 11.4 Å². The first-order valence-electron chi connectivity index (χ1n) is 4.83. The first-order valence-corrected chi connectivity index (χ1v) is 6.54. The minimum Gasteiger partial charge on any atom is -0.348 e. The van der Waals surface area contributed by atoms with Crippen molar-refractivity contribution in [1.29, 1.82) is 0 Å². The molecule has 86 valence electrons. The molecule has 0 radical (unpaired) electrons. The number of hydrogen-bond donors (Lipinski definition) is 2. The molecule has 1 aliphatic heterocycles. The van der Waals surface area contributed by atoms with E-state index in [4.69, 9.17) is 0 Å². The summed E-state index contributed by atoms with van der Waals surface area (Å²) in [7, 11) is -3.09. The third kappa shape index (κ3) is 4.44. The molecule has 0 saturated heterocycles. The van der Waals surface area contributed by atoms with Crippen molar-refractivity contribution >= 4 is 15.7 Å². The second-order valence-electron chi connectivity index (χ2n) is 3.87.